The van der Waals surface area contributed by atoms with Crippen LogP contribution in [-0.2, 0) is 14.9 Å². The zero-order valence-electron chi connectivity index (χ0n) is 15.7. The Morgan fingerprint density at radius 1 is 1.19 bits per heavy atom. The summed E-state index contributed by atoms with van der Waals surface area (Å²) in [7, 11) is 1.61. The Hall–Kier alpha value is -1.17. The van der Waals surface area contributed by atoms with Crippen LogP contribution in [0.3, 0.4) is 0 Å². The molecule has 4 bridgehead atoms. The molecule has 0 radical (unpaired) electrons. The Labute approximate surface area is 161 Å². The van der Waals surface area contributed by atoms with Crippen LogP contribution in [0.5, 0.6) is 5.75 Å². The van der Waals surface area contributed by atoms with Crippen LogP contribution in [0.2, 0.25) is 0 Å². The molecule has 0 heterocycles. The fourth-order valence-electron chi connectivity index (χ4n) is 6.03. The third-order valence-corrected chi connectivity index (χ3v) is 6.83. The highest BCUT2D eigenvalue weighted by Gasteiger charge is 2.52. The first kappa shape index (κ1) is 18.2. The standard InChI is InChI=1S/C21H29NO3S/c1-3-24-20(23-2)25-18-5-4-16(19(22)26)9-17(18)21-10-13-6-14(11-21)8-15(7-13)12-21/h4-5,9,13-15,20H,3,6-8,10-12H2,1-2H3,(H2,22,26). The number of hydrogen-bond acceptors (Lipinski definition) is 4. The van der Waals surface area contributed by atoms with E-state index in [1.54, 1.807) is 7.11 Å². The monoisotopic (exact) mass is 375 g/mol. The summed E-state index contributed by atoms with van der Waals surface area (Å²) in [4.78, 5) is 0.440. The second-order valence-corrected chi connectivity index (χ2v) is 8.81. The van der Waals surface area contributed by atoms with E-state index in [1.165, 1.54) is 44.1 Å². The number of rotatable bonds is 7. The summed E-state index contributed by atoms with van der Waals surface area (Å²) in [6.07, 6.45) is 7.98. The molecule has 0 aliphatic heterocycles. The minimum absolute atomic E-state index is 0.190. The molecule has 0 saturated heterocycles. The van der Waals surface area contributed by atoms with Crippen molar-refractivity contribution in [1.29, 1.82) is 0 Å². The first-order valence-corrected chi connectivity index (χ1v) is 10.2. The van der Waals surface area contributed by atoms with Crippen LogP contribution in [0.4, 0.5) is 0 Å². The van der Waals surface area contributed by atoms with Gasteiger partial charge in [-0.15, -0.1) is 0 Å². The average Bonchev–Trinajstić information content (AvgIpc) is 2.60. The fourth-order valence-corrected chi connectivity index (χ4v) is 6.16. The molecule has 4 fully saturated rings. The van der Waals surface area contributed by atoms with Gasteiger partial charge in [-0.05, 0) is 86.8 Å². The third kappa shape index (κ3) is 3.25. The van der Waals surface area contributed by atoms with Crippen molar-refractivity contribution in [3.8, 4) is 5.75 Å². The van der Waals surface area contributed by atoms with Crippen LogP contribution in [0, 0.1) is 17.8 Å². The highest BCUT2D eigenvalue weighted by Crippen LogP contribution is 2.62. The van der Waals surface area contributed by atoms with E-state index >= 15 is 0 Å². The second-order valence-electron chi connectivity index (χ2n) is 8.37. The van der Waals surface area contributed by atoms with Gasteiger partial charge in [-0.3, -0.25) is 0 Å². The normalized spacial score (nSPS) is 33.2. The molecule has 2 N–H and O–H groups in total. The van der Waals surface area contributed by atoms with Gasteiger partial charge in [0.2, 0.25) is 0 Å². The number of ether oxygens (including phenoxy) is 3. The van der Waals surface area contributed by atoms with Gasteiger partial charge in [0.1, 0.15) is 10.7 Å². The molecule has 0 spiro atoms. The molecule has 26 heavy (non-hydrogen) atoms. The van der Waals surface area contributed by atoms with Crippen LogP contribution in [-0.4, -0.2) is 25.2 Å². The van der Waals surface area contributed by atoms with Gasteiger partial charge in [-0.2, -0.15) is 0 Å². The lowest BCUT2D eigenvalue weighted by Crippen LogP contribution is -2.48. The van der Waals surface area contributed by atoms with Gasteiger partial charge in [0.05, 0.1) is 6.61 Å². The Bertz CT molecular complexity index is 655. The predicted molar refractivity (Wildman–Crippen MR) is 105 cm³/mol. The van der Waals surface area contributed by atoms with Crippen molar-refractivity contribution >= 4 is 17.2 Å². The van der Waals surface area contributed by atoms with Gasteiger partial charge in [0, 0.05) is 18.2 Å². The summed E-state index contributed by atoms with van der Waals surface area (Å²) in [5.41, 5.74) is 8.30. The van der Waals surface area contributed by atoms with E-state index in [0.717, 1.165) is 29.1 Å². The number of hydrogen-bond donors (Lipinski definition) is 1. The minimum atomic E-state index is -0.691. The van der Waals surface area contributed by atoms with Crippen molar-refractivity contribution in [2.75, 3.05) is 13.7 Å². The molecule has 1 unspecified atom stereocenters. The Balaban J connectivity index is 1.73. The Morgan fingerprint density at radius 2 is 1.81 bits per heavy atom. The second kappa shape index (κ2) is 7.10. The molecule has 142 valence electrons. The van der Waals surface area contributed by atoms with Gasteiger partial charge in [0.15, 0.2) is 0 Å². The van der Waals surface area contributed by atoms with Crippen molar-refractivity contribution in [3.05, 3.63) is 29.3 Å². The maximum Gasteiger partial charge on any atom is 0.315 e. The summed E-state index contributed by atoms with van der Waals surface area (Å²) in [6, 6.07) is 6.11. The van der Waals surface area contributed by atoms with Gasteiger partial charge in [-0.25, -0.2) is 0 Å². The molecule has 4 aliphatic rings. The largest absolute Gasteiger partial charge is 0.441 e. The molecule has 1 aromatic rings. The smallest absolute Gasteiger partial charge is 0.315 e. The highest BCUT2D eigenvalue weighted by molar-refractivity contribution is 7.80. The van der Waals surface area contributed by atoms with Gasteiger partial charge in [-0.1, -0.05) is 12.2 Å². The van der Waals surface area contributed by atoms with E-state index in [2.05, 4.69) is 6.07 Å². The van der Waals surface area contributed by atoms with E-state index in [1.807, 2.05) is 19.1 Å². The van der Waals surface area contributed by atoms with E-state index in [-0.39, 0.29) is 5.41 Å². The van der Waals surface area contributed by atoms with Crippen molar-refractivity contribution in [1.82, 2.24) is 0 Å². The van der Waals surface area contributed by atoms with Crippen molar-refractivity contribution < 1.29 is 14.2 Å². The predicted octanol–water partition coefficient (Wildman–Crippen LogP) is 4.13. The summed E-state index contributed by atoms with van der Waals surface area (Å²) in [5.74, 6) is 3.42. The van der Waals surface area contributed by atoms with Crippen LogP contribution in [0.25, 0.3) is 0 Å². The lowest BCUT2D eigenvalue weighted by molar-refractivity contribution is -0.231. The van der Waals surface area contributed by atoms with Crippen LogP contribution in [0.15, 0.2) is 18.2 Å². The lowest BCUT2D eigenvalue weighted by Gasteiger charge is -2.57. The van der Waals surface area contributed by atoms with Crippen LogP contribution >= 0.6 is 12.2 Å². The summed E-state index contributed by atoms with van der Waals surface area (Å²) in [5, 5.41) is 0. The summed E-state index contributed by atoms with van der Waals surface area (Å²) >= 11 is 5.25. The van der Waals surface area contributed by atoms with Gasteiger partial charge < -0.3 is 19.9 Å². The number of nitrogens with two attached hydrogens (primary N) is 1. The highest BCUT2D eigenvalue weighted by atomic mass is 32.1. The zero-order chi connectivity index (χ0) is 18.3. The molecule has 4 aliphatic carbocycles. The zero-order valence-corrected chi connectivity index (χ0v) is 16.5. The van der Waals surface area contributed by atoms with Crippen LogP contribution < -0.4 is 10.5 Å². The first-order valence-electron chi connectivity index (χ1n) is 9.78. The SMILES string of the molecule is CCOC(OC)Oc1ccc(C(N)=S)cc1C12CC3CC(CC(C3)C1)C2. The van der Waals surface area contributed by atoms with E-state index in [4.69, 9.17) is 32.2 Å². The maximum absolute atomic E-state index is 6.13. The Morgan fingerprint density at radius 3 is 2.31 bits per heavy atom. The van der Waals surface area contributed by atoms with Crippen molar-refractivity contribution in [2.45, 2.75) is 57.3 Å². The number of thiocarbonyl (C=S) groups is 1. The molecule has 4 nitrogen and oxygen atoms in total. The number of methoxy groups -OCH3 is 1. The Kier molecular flexibility index (Phi) is 4.97. The fraction of sp³-hybridized carbons (Fsp3) is 0.667. The molecule has 5 rings (SSSR count). The number of benzene rings is 1. The van der Waals surface area contributed by atoms with E-state index in [0.29, 0.717) is 11.6 Å². The molecule has 0 amide bonds. The average molecular weight is 376 g/mol. The maximum atomic E-state index is 6.13. The summed E-state index contributed by atoms with van der Waals surface area (Å²) < 4.78 is 17.0. The van der Waals surface area contributed by atoms with E-state index in [9.17, 15) is 0 Å². The van der Waals surface area contributed by atoms with Crippen molar-refractivity contribution in [3.63, 3.8) is 0 Å². The van der Waals surface area contributed by atoms with Gasteiger partial charge >= 0.3 is 6.48 Å². The first-order chi connectivity index (χ1) is 12.5. The van der Waals surface area contributed by atoms with Crippen LogP contribution in [0.1, 0.15) is 56.6 Å². The molecule has 0 aromatic heterocycles. The molecule has 4 saturated carbocycles. The quantitative estimate of drug-likeness (QED) is 0.573. The topological polar surface area (TPSA) is 53.7 Å². The third-order valence-electron chi connectivity index (χ3n) is 6.59. The molecule has 1 atom stereocenters. The lowest BCUT2D eigenvalue weighted by atomic mass is 9.48. The molecule has 1 aromatic carbocycles. The molecular formula is C21H29NO3S. The molecule has 5 heteroatoms. The minimum Gasteiger partial charge on any atom is -0.441 e. The van der Waals surface area contributed by atoms with Crippen molar-refractivity contribution in [2.24, 2.45) is 23.5 Å². The van der Waals surface area contributed by atoms with Gasteiger partial charge in [0.25, 0.3) is 0 Å². The summed E-state index contributed by atoms with van der Waals surface area (Å²) in [6.45, 7) is 1.78. The molecular weight excluding hydrogens is 346 g/mol. The van der Waals surface area contributed by atoms with E-state index < -0.39 is 6.48 Å².